The summed E-state index contributed by atoms with van der Waals surface area (Å²) in [4.78, 5) is 2.50. The summed E-state index contributed by atoms with van der Waals surface area (Å²) in [5.41, 5.74) is 0.785. The molecule has 2 N–H and O–H groups in total. The van der Waals surface area contributed by atoms with E-state index >= 15 is 0 Å². The Morgan fingerprint density at radius 1 is 1.39 bits per heavy atom. The summed E-state index contributed by atoms with van der Waals surface area (Å²) in [7, 11) is 0. The van der Waals surface area contributed by atoms with Crippen molar-refractivity contribution in [2.24, 2.45) is 0 Å². The number of benzene rings is 1. The number of phenols is 1. The molecule has 2 rings (SSSR count). The van der Waals surface area contributed by atoms with Gasteiger partial charge in [-0.1, -0.05) is 17.7 Å². The molecule has 1 aliphatic heterocycles. The van der Waals surface area contributed by atoms with Gasteiger partial charge in [-0.25, -0.2) is 0 Å². The van der Waals surface area contributed by atoms with Crippen LogP contribution >= 0.6 is 11.6 Å². The van der Waals surface area contributed by atoms with Crippen LogP contribution in [0.3, 0.4) is 0 Å². The van der Waals surface area contributed by atoms with Gasteiger partial charge in [0.05, 0.1) is 0 Å². The van der Waals surface area contributed by atoms with E-state index in [0.717, 1.165) is 12.1 Å². The molecule has 1 heterocycles. The van der Waals surface area contributed by atoms with E-state index in [1.165, 1.54) is 25.9 Å². The van der Waals surface area contributed by atoms with Gasteiger partial charge in [-0.05, 0) is 45.0 Å². The maximum absolute atomic E-state index is 9.73. The van der Waals surface area contributed by atoms with E-state index in [4.69, 9.17) is 11.6 Å². The molecule has 1 unspecified atom stereocenters. The van der Waals surface area contributed by atoms with Gasteiger partial charge in [-0.2, -0.15) is 0 Å². The first-order valence-electron chi connectivity index (χ1n) is 6.59. The lowest BCUT2D eigenvalue weighted by molar-refractivity contribution is 0.251. The van der Waals surface area contributed by atoms with Crippen LogP contribution in [0.5, 0.6) is 5.75 Å². The fraction of sp³-hybridized carbons (Fsp3) is 0.571. The highest BCUT2D eigenvalue weighted by molar-refractivity contribution is 6.31. The maximum atomic E-state index is 9.73. The summed E-state index contributed by atoms with van der Waals surface area (Å²) < 4.78 is 0. The summed E-state index contributed by atoms with van der Waals surface area (Å²) >= 11 is 6.06. The zero-order valence-corrected chi connectivity index (χ0v) is 11.6. The van der Waals surface area contributed by atoms with Crippen LogP contribution < -0.4 is 5.32 Å². The fourth-order valence-corrected chi connectivity index (χ4v) is 2.68. The maximum Gasteiger partial charge on any atom is 0.121 e. The van der Waals surface area contributed by atoms with Crippen molar-refractivity contribution in [3.05, 3.63) is 28.8 Å². The van der Waals surface area contributed by atoms with Crippen LogP contribution in [0, 0.1) is 0 Å². The molecule has 1 aromatic carbocycles. The summed E-state index contributed by atoms with van der Waals surface area (Å²) in [6, 6.07) is 5.78. The topological polar surface area (TPSA) is 35.5 Å². The Labute approximate surface area is 114 Å². The molecule has 0 amide bonds. The van der Waals surface area contributed by atoms with Crippen LogP contribution in [0.1, 0.15) is 25.3 Å². The molecule has 0 bridgehead atoms. The van der Waals surface area contributed by atoms with Crippen LogP contribution in [0.25, 0.3) is 0 Å². The van der Waals surface area contributed by atoms with Gasteiger partial charge in [-0.15, -0.1) is 0 Å². The van der Waals surface area contributed by atoms with Gasteiger partial charge in [0.25, 0.3) is 0 Å². The molecule has 3 nitrogen and oxygen atoms in total. The lowest BCUT2D eigenvalue weighted by Crippen LogP contribution is -2.38. The second kappa shape index (κ2) is 6.41. The lowest BCUT2D eigenvalue weighted by Gasteiger charge is -2.24. The molecule has 0 aliphatic carbocycles. The number of nitrogens with zero attached hydrogens (tertiary/aromatic N) is 1. The summed E-state index contributed by atoms with van der Waals surface area (Å²) in [6.07, 6.45) is 2.63. The minimum Gasteiger partial charge on any atom is -0.508 e. The number of hydrogen-bond acceptors (Lipinski definition) is 3. The van der Waals surface area contributed by atoms with Crippen molar-refractivity contribution in [2.75, 3.05) is 19.6 Å². The van der Waals surface area contributed by atoms with Crippen molar-refractivity contribution < 1.29 is 5.11 Å². The first kappa shape index (κ1) is 13.7. The molecule has 1 aromatic rings. The lowest BCUT2D eigenvalue weighted by atomic mass is 10.2. The highest BCUT2D eigenvalue weighted by Crippen LogP contribution is 2.24. The van der Waals surface area contributed by atoms with Crippen LogP contribution in [-0.2, 0) is 6.54 Å². The predicted molar refractivity (Wildman–Crippen MR) is 75.1 cm³/mol. The molecule has 0 aromatic heterocycles. The summed E-state index contributed by atoms with van der Waals surface area (Å²) in [5, 5.41) is 13.7. The molecule has 0 saturated carbocycles. The number of hydrogen-bond donors (Lipinski definition) is 2. The molecule has 18 heavy (non-hydrogen) atoms. The molecule has 0 spiro atoms. The zero-order chi connectivity index (χ0) is 13.0. The predicted octanol–water partition coefficient (Wildman–Crippen LogP) is 2.62. The summed E-state index contributed by atoms with van der Waals surface area (Å²) in [5.74, 6) is 0.267. The van der Waals surface area contributed by atoms with E-state index in [1.54, 1.807) is 12.1 Å². The Kier molecular flexibility index (Phi) is 4.87. The third-order valence-corrected chi connectivity index (χ3v) is 3.95. The average Bonchev–Trinajstić information content (AvgIpc) is 2.86. The van der Waals surface area contributed by atoms with E-state index < -0.39 is 0 Å². The van der Waals surface area contributed by atoms with Crippen LogP contribution in [0.2, 0.25) is 5.02 Å². The summed E-state index contributed by atoms with van der Waals surface area (Å²) in [6.45, 7) is 6.19. The van der Waals surface area contributed by atoms with Crippen molar-refractivity contribution in [2.45, 2.75) is 32.4 Å². The molecule has 0 radical (unpaired) electrons. The molecular weight excluding hydrogens is 248 g/mol. The zero-order valence-electron chi connectivity index (χ0n) is 10.8. The van der Waals surface area contributed by atoms with Gasteiger partial charge in [0.2, 0.25) is 0 Å². The van der Waals surface area contributed by atoms with Crippen LogP contribution in [-0.4, -0.2) is 35.7 Å². The molecule has 1 saturated heterocycles. The number of likely N-dealkylation sites (tertiary alicyclic amines) is 1. The quantitative estimate of drug-likeness (QED) is 0.862. The Bertz CT molecular complexity index is 371. The van der Waals surface area contributed by atoms with Crippen molar-refractivity contribution in [3.8, 4) is 5.75 Å². The van der Waals surface area contributed by atoms with E-state index in [9.17, 15) is 5.11 Å². The SMILES string of the molecule is CC(CNCc1c(O)cccc1Cl)N1CCCC1. The van der Waals surface area contributed by atoms with Crippen molar-refractivity contribution in [1.82, 2.24) is 10.2 Å². The minimum absolute atomic E-state index is 0.267. The normalized spacial score (nSPS) is 18.1. The monoisotopic (exact) mass is 268 g/mol. The molecule has 4 heteroatoms. The molecular formula is C14H21ClN2O. The number of halogens is 1. The smallest absolute Gasteiger partial charge is 0.121 e. The number of phenolic OH excluding ortho intramolecular Hbond substituents is 1. The first-order valence-corrected chi connectivity index (χ1v) is 6.97. The second-order valence-corrected chi connectivity index (χ2v) is 5.37. The van der Waals surface area contributed by atoms with E-state index in [2.05, 4.69) is 17.1 Å². The van der Waals surface area contributed by atoms with E-state index in [-0.39, 0.29) is 5.75 Å². The molecule has 1 fully saturated rings. The standard InChI is InChI=1S/C14H21ClN2O/c1-11(17-7-2-3-8-17)9-16-10-12-13(15)5-4-6-14(12)18/h4-6,11,16,18H,2-3,7-10H2,1H3. The van der Waals surface area contributed by atoms with Gasteiger partial charge in [0.1, 0.15) is 5.75 Å². The fourth-order valence-electron chi connectivity index (χ4n) is 2.44. The van der Waals surface area contributed by atoms with Gasteiger partial charge in [0.15, 0.2) is 0 Å². The Morgan fingerprint density at radius 3 is 2.78 bits per heavy atom. The third-order valence-electron chi connectivity index (χ3n) is 3.60. The largest absolute Gasteiger partial charge is 0.508 e. The van der Waals surface area contributed by atoms with Crippen molar-refractivity contribution >= 4 is 11.6 Å². The highest BCUT2D eigenvalue weighted by atomic mass is 35.5. The van der Waals surface area contributed by atoms with Crippen LogP contribution in [0.4, 0.5) is 0 Å². The van der Waals surface area contributed by atoms with Gasteiger partial charge < -0.3 is 10.4 Å². The number of nitrogens with one attached hydrogen (secondary N) is 1. The van der Waals surface area contributed by atoms with Crippen molar-refractivity contribution in [3.63, 3.8) is 0 Å². The Balaban J connectivity index is 1.81. The van der Waals surface area contributed by atoms with Gasteiger partial charge in [0, 0.05) is 29.7 Å². The minimum atomic E-state index is 0.267. The van der Waals surface area contributed by atoms with E-state index in [0.29, 0.717) is 17.6 Å². The van der Waals surface area contributed by atoms with Gasteiger partial charge >= 0.3 is 0 Å². The molecule has 1 atom stereocenters. The number of aromatic hydroxyl groups is 1. The van der Waals surface area contributed by atoms with Gasteiger partial charge in [-0.3, -0.25) is 4.90 Å². The third kappa shape index (κ3) is 3.37. The van der Waals surface area contributed by atoms with Crippen LogP contribution in [0.15, 0.2) is 18.2 Å². The highest BCUT2D eigenvalue weighted by Gasteiger charge is 2.17. The van der Waals surface area contributed by atoms with Crippen molar-refractivity contribution in [1.29, 1.82) is 0 Å². The van der Waals surface area contributed by atoms with E-state index in [1.807, 2.05) is 6.07 Å². The first-order chi connectivity index (χ1) is 8.68. The Morgan fingerprint density at radius 2 is 2.11 bits per heavy atom. The number of rotatable bonds is 5. The molecule has 1 aliphatic rings. The Hall–Kier alpha value is -0.770. The average molecular weight is 269 g/mol. The molecule has 100 valence electrons. The second-order valence-electron chi connectivity index (χ2n) is 4.96.